The molecule has 0 bridgehead atoms. The van der Waals surface area contributed by atoms with Crippen molar-refractivity contribution in [3.8, 4) is 0 Å². The van der Waals surface area contributed by atoms with Crippen molar-refractivity contribution in [1.29, 1.82) is 0 Å². The first-order valence-electron chi connectivity index (χ1n) is 3.94. The van der Waals surface area contributed by atoms with Gasteiger partial charge < -0.3 is 10.4 Å². The number of hydrogen-bond donors (Lipinski definition) is 2. The first-order valence-corrected chi connectivity index (χ1v) is 4.75. The third-order valence-corrected chi connectivity index (χ3v) is 3.15. The molecule has 1 aromatic heterocycles. The lowest BCUT2D eigenvalue weighted by molar-refractivity contribution is -0.137. The fraction of sp³-hybridized carbons (Fsp3) is 0.571. The zero-order valence-corrected chi connectivity index (χ0v) is 7.74. The first-order chi connectivity index (χ1) is 6.48. The van der Waals surface area contributed by atoms with Crippen LogP contribution in [0.3, 0.4) is 0 Å². The summed E-state index contributed by atoms with van der Waals surface area (Å²) in [5, 5.41) is 11.3. The Morgan fingerprint density at radius 1 is 1.50 bits per heavy atom. The van der Waals surface area contributed by atoms with Gasteiger partial charge in [0.15, 0.2) is 5.01 Å². The molecule has 3 nitrogen and oxygen atoms in total. The van der Waals surface area contributed by atoms with Crippen molar-refractivity contribution < 1.29 is 18.3 Å². The summed E-state index contributed by atoms with van der Waals surface area (Å²) in [5.74, 6) is 0. The molecule has 14 heavy (non-hydrogen) atoms. The average Bonchev–Trinajstić information content (AvgIpc) is 2.48. The van der Waals surface area contributed by atoms with E-state index in [1.807, 2.05) is 0 Å². The number of thiazole rings is 1. The topological polar surface area (TPSA) is 45.1 Å². The summed E-state index contributed by atoms with van der Waals surface area (Å²) < 4.78 is 36.7. The van der Waals surface area contributed by atoms with Crippen LogP contribution < -0.4 is 5.32 Å². The first kappa shape index (κ1) is 9.88. The molecule has 2 heterocycles. The van der Waals surface area contributed by atoms with Crippen LogP contribution in [0, 0.1) is 0 Å². The summed E-state index contributed by atoms with van der Waals surface area (Å²) >= 11 is 0.524. The Bertz CT molecular complexity index is 349. The van der Waals surface area contributed by atoms with E-state index in [-0.39, 0.29) is 6.54 Å². The highest BCUT2D eigenvalue weighted by Gasteiger charge is 2.37. The number of aliphatic hydroxyl groups excluding tert-OH is 1. The molecule has 2 rings (SSSR count). The highest BCUT2D eigenvalue weighted by Crippen LogP contribution is 2.37. The average molecular weight is 224 g/mol. The lowest BCUT2D eigenvalue weighted by Gasteiger charge is -2.16. The molecule has 0 saturated carbocycles. The van der Waals surface area contributed by atoms with Gasteiger partial charge in [0.2, 0.25) is 0 Å². The van der Waals surface area contributed by atoms with Gasteiger partial charge in [0.1, 0.15) is 6.10 Å². The van der Waals surface area contributed by atoms with Crippen LogP contribution in [0.1, 0.15) is 21.7 Å². The lowest BCUT2D eigenvalue weighted by Crippen LogP contribution is -2.27. The number of nitrogens with zero attached hydrogens (tertiary/aromatic N) is 1. The highest BCUT2D eigenvalue weighted by atomic mass is 32.1. The number of hydrogen-bond acceptors (Lipinski definition) is 4. The van der Waals surface area contributed by atoms with Gasteiger partial charge in [-0.15, -0.1) is 11.3 Å². The Labute approximate surface area is 81.6 Å². The van der Waals surface area contributed by atoms with Crippen molar-refractivity contribution in [2.45, 2.75) is 18.8 Å². The summed E-state index contributed by atoms with van der Waals surface area (Å²) in [6.07, 6.45) is -5.28. The minimum Gasteiger partial charge on any atom is -0.386 e. The van der Waals surface area contributed by atoms with E-state index in [4.69, 9.17) is 0 Å². The van der Waals surface area contributed by atoms with Crippen molar-refractivity contribution in [2.75, 3.05) is 6.54 Å². The monoisotopic (exact) mass is 224 g/mol. The van der Waals surface area contributed by atoms with Crippen LogP contribution in [0.25, 0.3) is 0 Å². The maximum absolute atomic E-state index is 12.2. The van der Waals surface area contributed by atoms with Gasteiger partial charge in [-0.1, -0.05) is 0 Å². The quantitative estimate of drug-likeness (QED) is 0.698. The predicted molar refractivity (Wildman–Crippen MR) is 43.8 cm³/mol. The third kappa shape index (κ3) is 1.62. The van der Waals surface area contributed by atoms with Crippen molar-refractivity contribution in [2.24, 2.45) is 0 Å². The van der Waals surface area contributed by atoms with E-state index in [9.17, 15) is 18.3 Å². The molecule has 0 amide bonds. The van der Waals surface area contributed by atoms with E-state index in [0.29, 0.717) is 28.5 Å². The number of fused-ring (bicyclic) bond motifs is 1. The van der Waals surface area contributed by atoms with E-state index in [2.05, 4.69) is 10.3 Å². The fourth-order valence-electron chi connectivity index (χ4n) is 1.29. The van der Waals surface area contributed by atoms with Gasteiger partial charge in [-0.05, 0) is 0 Å². The molecular formula is C7H7F3N2OS. The zero-order valence-electron chi connectivity index (χ0n) is 6.93. The summed E-state index contributed by atoms with van der Waals surface area (Å²) in [5.41, 5.74) is 0.307. The molecule has 1 aliphatic heterocycles. The van der Waals surface area contributed by atoms with Gasteiger partial charge in [0.25, 0.3) is 0 Å². The molecule has 7 heteroatoms. The molecule has 0 aromatic carbocycles. The van der Waals surface area contributed by atoms with Crippen molar-refractivity contribution in [3.63, 3.8) is 0 Å². The van der Waals surface area contributed by atoms with Gasteiger partial charge in [0, 0.05) is 13.1 Å². The minimum atomic E-state index is -4.41. The molecule has 0 fully saturated rings. The van der Waals surface area contributed by atoms with Crippen LogP contribution in [0.5, 0.6) is 0 Å². The molecule has 1 unspecified atom stereocenters. The Morgan fingerprint density at radius 2 is 2.21 bits per heavy atom. The number of aliphatic hydroxyl groups is 1. The largest absolute Gasteiger partial charge is 0.443 e. The van der Waals surface area contributed by atoms with Crippen molar-refractivity contribution in [3.05, 3.63) is 15.6 Å². The summed E-state index contributed by atoms with van der Waals surface area (Å²) in [6, 6.07) is 0. The molecule has 0 radical (unpaired) electrons. The molecular weight excluding hydrogens is 217 g/mol. The molecule has 2 N–H and O–H groups in total. The van der Waals surface area contributed by atoms with Gasteiger partial charge in [-0.2, -0.15) is 13.2 Å². The number of halogens is 3. The number of alkyl halides is 3. The Morgan fingerprint density at radius 3 is 2.79 bits per heavy atom. The van der Waals surface area contributed by atoms with Gasteiger partial charge in [-0.25, -0.2) is 4.98 Å². The second-order valence-corrected chi connectivity index (χ2v) is 4.01. The maximum Gasteiger partial charge on any atom is 0.443 e. The predicted octanol–water partition coefficient (Wildman–Crippen LogP) is 1.30. The smallest absolute Gasteiger partial charge is 0.386 e. The summed E-state index contributed by atoms with van der Waals surface area (Å²) in [7, 11) is 0. The van der Waals surface area contributed by atoms with Gasteiger partial charge in [0.05, 0.1) is 10.6 Å². The zero-order chi connectivity index (χ0) is 10.3. The number of β-amino-alcohol motifs (C(OH)–C–C–N with tert-alkyl or cyclic N) is 1. The minimum absolute atomic E-state index is 0.284. The van der Waals surface area contributed by atoms with Crippen LogP contribution >= 0.6 is 11.3 Å². The second kappa shape index (κ2) is 3.18. The second-order valence-electron chi connectivity index (χ2n) is 2.97. The van der Waals surface area contributed by atoms with E-state index in [1.165, 1.54) is 0 Å². The number of nitrogens with one attached hydrogen (secondary N) is 1. The molecule has 0 aliphatic carbocycles. The van der Waals surface area contributed by atoms with Gasteiger partial charge in [-0.3, -0.25) is 0 Å². The molecule has 1 aromatic rings. The number of aromatic nitrogens is 1. The molecule has 0 saturated heterocycles. The van der Waals surface area contributed by atoms with E-state index < -0.39 is 17.3 Å². The SMILES string of the molecule is OC1CNCc2nc(C(F)(F)F)sc21. The third-order valence-electron chi connectivity index (χ3n) is 1.90. The van der Waals surface area contributed by atoms with Crippen LogP contribution in [-0.2, 0) is 12.7 Å². The van der Waals surface area contributed by atoms with Crippen molar-refractivity contribution in [1.82, 2.24) is 10.3 Å². The fourth-order valence-corrected chi connectivity index (χ4v) is 2.23. The summed E-state index contributed by atoms with van der Waals surface area (Å²) in [6.45, 7) is 0.575. The highest BCUT2D eigenvalue weighted by molar-refractivity contribution is 7.12. The van der Waals surface area contributed by atoms with E-state index in [0.717, 1.165) is 0 Å². The lowest BCUT2D eigenvalue weighted by atomic mass is 10.2. The maximum atomic E-state index is 12.2. The Kier molecular flexibility index (Phi) is 2.24. The van der Waals surface area contributed by atoms with Crippen LogP contribution in [0.4, 0.5) is 13.2 Å². The molecule has 1 aliphatic rings. The normalized spacial score (nSPS) is 22.1. The van der Waals surface area contributed by atoms with Crippen LogP contribution in [-0.4, -0.2) is 16.6 Å². The van der Waals surface area contributed by atoms with Crippen LogP contribution in [0.15, 0.2) is 0 Å². The Balaban J connectivity index is 2.40. The Hall–Kier alpha value is -0.660. The summed E-state index contributed by atoms with van der Waals surface area (Å²) in [4.78, 5) is 3.77. The molecule has 0 spiro atoms. The van der Waals surface area contributed by atoms with Crippen molar-refractivity contribution >= 4 is 11.3 Å². The van der Waals surface area contributed by atoms with Crippen LogP contribution in [0.2, 0.25) is 0 Å². The van der Waals surface area contributed by atoms with E-state index in [1.54, 1.807) is 0 Å². The number of rotatable bonds is 0. The standard InChI is InChI=1S/C7H7F3N2OS/c8-7(9,10)6-12-3-1-11-2-4(13)5(3)14-6/h4,11,13H,1-2H2. The molecule has 78 valence electrons. The molecule has 1 atom stereocenters. The van der Waals surface area contributed by atoms with E-state index >= 15 is 0 Å². The van der Waals surface area contributed by atoms with Gasteiger partial charge >= 0.3 is 6.18 Å².